The monoisotopic (exact) mass is 304 g/mol. The van der Waals surface area contributed by atoms with Gasteiger partial charge in [0, 0.05) is 24.9 Å². The van der Waals surface area contributed by atoms with Crippen molar-refractivity contribution in [3.8, 4) is 0 Å². The highest BCUT2D eigenvalue weighted by atomic mass is 16.6. The maximum atomic E-state index is 12.1. The van der Waals surface area contributed by atoms with Crippen molar-refractivity contribution < 1.29 is 14.5 Å². The van der Waals surface area contributed by atoms with E-state index >= 15 is 0 Å². The van der Waals surface area contributed by atoms with Gasteiger partial charge in [-0.05, 0) is 36.5 Å². The summed E-state index contributed by atoms with van der Waals surface area (Å²) >= 11 is 0. The van der Waals surface area contributed by atoms with Crippen molar-refractivity contribution in [3.63, 3.8) is 0 Å². The summed E-state index contributed by atoms with van der Waals surface area (Å²) in [5, 5.41) is 18.0. The third-order valence-corrected chi connectivity index (χ3v) is 3.84. The van der Waals surface area contributed by atoms with Crippen LogP contribution < -0.4 is 0 Å². The van der Waals surface area contributed by atoms with Gasteiger partial charge in [-0.25, -0.2) is 4.79 Å². The lowest BCUT2D eigenvalue weighted by atomic mass is 9.99. The van der Waals surface area contributed by atoms with E-state index in [1.807, 2.05) is 13.3 Å². The standard InChI is InChI=1S/C15H18N3O4/c1-2-12-7-8-17(14(12)9-16)15(19)22-10-11-3-5-13(6-4-11)18(20)21/h2-6,9,12,14,16H,7-8,10H2,1H3. The Morgan fingerprint density at radius 2 is 2.18 bits per heavy atom. The summed E-state index contributed by atoms with van der Waals surface area (Å²) in [6.45, 7) is 2.54. The van der Waals surface area contributed by atoms with E-state index in [9.17, 15) is 14.9 Å². The van der Waals surface area contributed by atoms with Crippen molar-refractivity contribution in [2.45, 2.75) is 26.0 Å². The fraction of sp³-hybridized carbons (Fsp3) is 0.400. The van der Waals surface area contributed by atoms with Crippen LogP contribution in [0, 0.1) is 27.9 Å². The summed E-state index contributed by atoms with van der Waals surface area (Å²) in [5.74, 6) is 0.185. The van der Waals surface area contributed by atoms with E-state index in [1.54, 1.807) is 17.0 Å². The Morgan fingerprint density at radius 3 is 2.73 bits per heavy atom. The van der Waals surface area contributed by atoms with Crippen LogP contribution in [-0.4, -0.2) is 34.7 Å². The average molecular weight is 304 g/mol. The van der Waals surface area contributed by atoms with Crippen molar-refractivity contribution in [1.82, 2.24) is 4.90 Å². The van der Waals surface area contributed by atoms with Gasteiger partial charge in [-0.3, -0.25) is 15.0 Å². The first-order valence-electron chi connectivity index (χ1n) is 7.03. The van der Waals surface area contributed by atoms with E-state index in [0.717, 1.165) is 6.42 Å². The Bertz CT molecular complexity index is 558. The molecular formula is C15H18N3O4. The number of nitro groups is 1. The molecule has 22 heavy (non-hydrogen) atoms. The predicted octanol–water partition coefficient (Wildman–Crippen LogP) is 2.80. The Morgan fingerprint density at radius 1 is 1.50 bits per heavy atom. The molecule has 7 nitrogen and oxygen atoms in total. The molecule has 2 atom stereocenters. The Labute approximate surface area is 128 Å². The van der Waals surface area contributed by atoms with E-state index < -0.39 is 11.0 Å². The number of likely N-dealkylation sites (tertiary alicyclic amines) is 1. The fourth-order valence-electron chi connectivity index (χ4n) is 2.57. The molecule has 0 aliphatic carbocycles. The fourth-order valence-corrected chi connectivity index (χ4v) is 2.57. The van der Waals surface area contributed by atoms with Crippen LogP contribution in [0.5, 0.6) is 0 Å². The number of carbonyl (C=O) groups excluding carboxylic acids is 1. The van der Waals surface area contributed by atoms with E-state index in [4.69, 9.17) is 10.1 Å². The van der Waals surface area contributed by atoms with Crippen LogP contribution >= 0.6 is 0 Å². The lowest BCUT2D eigenvalue weighted by Crippen LogP contribution is -2.39. The zero-order chi connectivity index (χ0) is 16.1. The van der Waals surface area contributed by atoms with Gasteiger partial charge < -0.3 is 10.1 Å². The van der Waals surface area contributed by atoms with E-state index in [0.29, 0.717) is 12.1 Å². The van der Waals surface area contributed by atoms with Crippen LogP contribution in [-0.2, 0) is 11.3 Å². The average Bonchev–Trinajstić information content (AvgIpc) is 2.95. The predicted molar refractivity (Wildman–Crippen MR) is 80.6 cm³/mol. The van der Waals surface area contributed by atoms with E-state index in [2.05, 4.69) is 0 Å². The second-order valence-corrected chi connectivity index (χ2v) is 5.11. The minimum atomic E-state index is -0.476. The van der Waals surface area contributed by atoms with Gasteiger partial charge in [0.25, 0.3) is 5.69 Å². The van der Waals surface area contributed by atoms with Crippen LogP contribution in [0.1, 0.15) is 18.9 Å². The molecule has 1 aliphatic heterocycles. The third-order valence-electron chi connectivity index (χ3n) is 3.84. The summed E-state index contributed by atoms with van der Waals surface area (Å²) in [6, 6.07) is 5.62. The van der Waals surface area contributed by atoms with Crippen molar-refractivity contribution in [1.29, 1.82) is 5.41 Å². The van der Waals surface area contributed by atoms with Gasteiger partial charge in [0.15, 0.2) is 0 Å². The molecule has 0 aromatic heterocycles. The first-order chi connectivity index (χ1) is 10.6. The Hall–Kier alpha value is -2.44. The van der Waals surface area contributed by atoms with Crippen LogP contribution in [0.3, 0.4) is 0 Å². The normalized spacial score (nSPS) is 20.7. The topological polar surface area (TPSA) is 96.5 Å². The first-order valence-corrected chi connectivity index (χ1v) is 7.03. The molecule has 1 amide bonds. The quantitative estimate of drug-likeness (QED) is 0.514. The van der Waals surface area contributed by atoms with Crippen molar-refractivity contribution in [3.05, 3.63) is 46.4 Å². The number of nitro benzene ring substituents is 1. The smallest absolute Gasteiger partial charge is 0.410 e. The molecule has 1 radical (unpaired) electrons. The number of nitrogens with zero attached hydrogens (tertiary/aromatic N) is 2. The minimum absolute atomic E-state index is 0.000172. The second-order valence-electron chi connectivity index (χ2n) is 5.11. The van der Waals surface area contributed by atoms with Gasteiger partial charge in [0.2, 0.25) is 0 Å². The number of rotatable bonds is 5. The molecule has 1 aromatic carbocycles. The summed E-state index contributed by atoms with van der Waals surface area (Å²) in [6.07, 6.45) is 3.63. The largest absolute Gasteiger partial charge is 0.445 e. The molecule has 1 aliphatic rings. The molecule has 2 unspecified atom stereocenters. The molecule has 117 valence electrons. The summed E-state index contributed by atoms with van der Waals surface area (Å²) in [5.41, 5.74) is 0.683. The zero-order valence-electron chi connectivity index (χ0n) is 12.3. The number of hydrogen-bond donors (Lipinski definition) is 1. The number of hydrogen-bond acceptors (Lipinski definition) is 5. The third kappa shape index (κ3) is 3.41. The van der Waals surface area contributed by atoms with Crippen LogP contribution in [0.25, 0.3) is 0 Å². The van der Waals surface area contributed by atoms with Crippen LogP contribution in [0.2, 0.25) is 0 Å². The maximum Gasteiger partial charge on any atom is 0.410 e. The van der Waals surface area contributed by atoms with Crippen molar-refractivity contribution >= 4 is 18.0 Å². The molecular weight excluding hydrogens is 286 g/mol. The van der Waals surface area contributed by atoms with Crippen molar-refractivity contribution in [2.24, 2.45) is 5.92 Å². The van der Waals surface area contributed by atoms with Gasteiger partial charge in [0.05, 0.1) is 11.0 Å². The van der Waals surface area contributed by atoms with Gasteiger partial charge >= 0.3 is 6.09 Å². The summed E-state index contributed by atoms with van der Waals surface area (Å²) in [7, 11) is 0. The molecule has 2 rings (SSSR count). The first kappa shape index (κ1) is 15.9. The van der Waals surface area contributed by atoms with Crippen LogP contribution in [0.15, 0.2) is 24.3 Å². The van der Waals surface area contributed by atoms with E-state index in [-0.39, 0.29) is 24.3 Å². The van der Waals surface area contributed by atoms with Gasteiger partial charge in [-0.1, -0.05) is 6.92 Å². The number of benzene rings is 1. The van der Waals surface area contributed by atoms with Gasteiger partial charge in [0.1, 0.15) is 6.61 Å². The highest BCUT2D eigenvalue weighted by Gasteiger charge is 2.35. The van der Waals surface area contributed by atoms with Crippen molar-refractivity contribution in [2.75, 3.05) is 6.54 Å². The number of amides is 1. The number of carbonyl (C=O) groups is 1. The number of non-ortho nitro benzene ring substituents is 1. The molecule has 1 heterocycles. The SMILES string of the molecule is C[CH]C1CCN(C(=O)OCc2ccc([N+](=O)[O-])cc2)C1C=N. The van der Waals surface area contributed by atoms with E-state index in [1.165, 1.54) is 18.3 Å². The highest BCUT2D eigenvalue weighted by molar-refractivity contribution is 5.75. The molecule has 7 heteroatoms. The minimum Gasteiger partial charge on any atom is -0.445 e. The Balaban J connectivity index is 1.92. The Kier molecular flexibility index (Phi) is 5.08. The van der Waals surface area contributed by atoms with Crippen LogP contribution in [0.4, 0.5) is 10.5 Å². The number of ether oxygens (including phenoxy) is 1. The molecule has 0 spiro atoms. The van der Waals surface area contributed by atoms with Gasteiger partial charge in [-0.2, -0.15) is 0 Å². The second kappa shape index (κ2) is 7.02. The zero-order valence-corrected chi connectivity index (χ0v) is 12.3. The molecule has 1 fully saturated rings. The lowest BCUT2D eigenvalue weighted by molar-refractivity contribution is -0.384. The molecule has 1 aromatic rings. The van der Waals surface area contributed by atoms with Gasteiger partial charge in [-0.15, -0.1) is 0 Å². The summed E-state index contributed by atoms with van der Waals surface area (Å²) < 4.78 is 5.24. The maximum absolute atomic E-state index is 12.1. The summed E-state index contributed by atoms with van der Waals surface area (Å²) in [4.78, 5) is 23.7. The lowest BCUT2D eigenvalue weighted by Gasteiger charge is -2.23. The molecule has 1 N–H and O–H groups in total. The number of nitrogens with one attached hydrogen (secondary N) is 1. The molecule has 0 saturated carbocycles. The highest BCUT2D eigenvalue weighted by Crippen LogP contribution is 2.26. The molecule has 0 bridgehead atoms. The molecule has 1 saturated heterocycles.